The summed E-state index contributed by atoms with van der Waals surface area (Å²) < 4.78 is 24.0. The van der Waals surface area contributed by atoms with E-state index in [2.05, 4.69) is 25.3 Å². The van der Waals surface area contributed by atoms with E-state index in [0.717, 1.165) is 6.26 Å². The monoisotopic (exact) mass is 279 g/mol. The molecule has 0 aromatic carbocycles. The number of nitrogens with one attached hydrogen (secondary N) is 3. The van der Waals surface area contributed by atoms with Crippen molar-refractivity contribution in [3.63, 3.8) is 0 Å². The van der Waals surface area contributed by atoms with E-state index in [1.807, 2.05) is 0 Å². The van der Waals surface area contributed by atoms with Crippen LogP contribution in [0.4, 0.5) is 11.8 Å². The van der Waals surface area contributed by atoms with Gasteiger partial charge in [-0.25, -0.2) is 18.1 Å². The summed E-state index contributed by atoms with van der Waals surface area (Å²) in [4.78, 5) is 8.00. The third-order valence-electron chi connectivity index (χ3n) is 1.75. The molecular weight excluding hydrogens is 266 g/mol. The van der Waals surface area contributed by atoms with Gasteiger partial charge in [-0.05, 0) is 0 Å². The molecule has 0 bridgehead atoms. The standard InChI is InChI=1S/C8H14ClN5O2S/c1-10-8-12-5-6(9)7(14-8)11-3-4-13-17(2,15)16/h5,13H,3-4H2,1-2H3,(H2,10,11,12,14). The van der Waals surface area contributed by atoms with Crippen LogP contribution in [0, 0.1) is 0 Å². The van der Waals surface area contributed by atoms with Crippen LogP contribution in [0.25, 0.3) is 0 Å². The minimum atomic E-state index is -3.17. The van der Waals surface area contributed by atoms with Crippen LogP contribution in [0.2, 0.25) is 5.02 Å². The summed E-state index contributed by atoms with van der Waals surface area (Å²) in [6.07, 6.45) is 2.57. The van der Waals surface area contributed by atoms with Crippen molar-refractivity contribution >= 4 is 33.4 Å². The molecule has 0 saturated carbocycles. The molecule has 0 radical (unpaired) electrons. The van der Waals surface area contributed by atoms with Crippen LogP contribution in [0.1, 0.15) is 0 Å². The molecule has 0 spiro atoms. The average Bonchev–Trinajstić information content (AvgIpc) is 2.25. The molecule has 0 fully saturated rings. The first-order valence-corrected chi connectivity index (χ1v) is 7.08. The molecule has 3 N–H and O–H groups in total. The zero-order valence-corrected chi connectivity index (χ0v) is 11.1. The van der Waals surface area contributed by atoms with Crippen molar-refractivity contribution in [3.8, 4) is 0 Å². The normalized spacial score (nSPS) is 11.2. The van der Waals surface area contributed by atoms with Gasteiger partial charge in [0.25, 0.3) is 0 Å². The molecule has 1 heterocycles. The van der Waals surface area contributed by atoms with Crippen LogP contribution in [0.5, 0.6) is 0 Å². The first kappa shape index (κ1) is 13.9. The average molecular weight is 280 g/mol. The van der Waals surface area contributed by atoms with Gasteiger partial charge in [0.05, 0.1) is 12.5 Å². The lowest BCUT2D eigenvalue weighted by Crippen LogP contribution is -2.27. The van der Waals surface area contributed by atoms with Gasteiger partial charge in [-0.1, -0.05) is 11.6 Å². The molecule has 96 valence electrons. The molecule has 1 rings (SSSR count). The second-order valence-corrected chi connectivity index (χ2v) is 5.47. The van der Waals surface area contributed by atoms with E-state index in [1.54, 1.807) is 7.05 Å². The Morgan fingerprint density at radius 2 is 2.12 bits per heavy atom. The largest absolute Gasteiger partial charge is 0.367 e. The molecule has 1 aromatic heterocycles. The Bertz CT molecular complexity index is 479. The van der Waals surface area contributed by atoms with Gasteiger partial charge in [0.2, 0.25) is 16.0 Å². The van der Waals surface area contributed by atoms with Crippen molar-refractivity contribution in [2.45, 2.75) is 0 Å². The summed E-state index contributed by atoms with van der Waals surface area (Å²) in [5.41, 5.74) is 0. The summed E-state index contributed by atoms with van der Waals surface area (Å²) in [6, 6.07) is 0. The molecule has 0 aliphatic rings. The zero-order chi connectivity index (χ0) is 12.9. The Kier molecular flexibility index (Phi) is 4.91. The van der Waals surface area contributed by atoms with Gasteiger partial charge in [0.15, 0.2) is 5.82 Å². The number of hydrogen-bond donors (Lipinski definition) is 3. The van der Waals surface area contributed by atoms with Crippen LogP contribution in [-0.2, 0) is 10.0 Å². The maximum atomic E-state index is 10.8. The number of halogens is 1. The van der Waals surface area contributed by atoms with E-state index in [-0.39, 0.29) is 6.54 Å². The number of sulfonamides is 1. The van der Waals surface area contributed by atoms with Crippen LogP contribution in [-0.4, -0.2) is 44.8 Å². The molecule has 1 aromatic rings. The van der Waals surface area contributed by atoms with E-state index < -0.39 is 10.0 Å². The maximum Gasteiger partial charge on any atom is 0.224 e. The minimum absolute atomic E-state index is 0.258. The number of aromatic nitrogens is 2. The van der Waals surface area contributed by atoms with Crippen LogP contribution < -0.4 is 15.4 Å². The lowest BCUT2D eigenvalue weighted by atomic mass is 10.5. The van der Waals surface area contributed by atoms with E-state index >= 15 is 0 Å². The lowest BCUT2D eigenvalue weighted by molar-refractivity contribution is 0.589. The fourth-order valence-electron chi connectivity index (χ4n) is 1.03. The number of hydrogen-bond acceptors (Lipinski definition) is 6. The molecule has 7 nitrogen and oxygen atoms in total. The molecule has 9 heteroatoms. The summed E-state index contributed by atoms with van der Waals surface area (Å²) in [5.74, 6) is 0.897. The van der Waals surface area contributed by atoms with Gasteiger partial charge >= 0.3 is 0 Å². The third kappa shape index (κ3) is 5.16. The Balaban J connectivity index is 2.51. The Morgan fingerprint density at radius 3 is 2.71 bits per heavy atom. The quantitative estimate of drug-likeness (QED) is 0.641. The van der Waals surface area contributed by atoms with Crippen molar-refractivity contribution < 1.29 is 8.42 Å². The van der Waals surface area contributed by atoms with E-state index in [1.165, 1.54) is 6.20 Å². The van der Waals surface area contributed by atoms with Gasteiger partial charge in [-0.3, -0.25) is 0 Å². The third-order valence-corrected chi connectivity index (χ3v) is 2.75. The number of anilines is 2. The highest BCUT2D eigenvalue weighted by Crippen LogP contribution is 2.18. The van der Waals surface area contributed by atoms with Gasteiger partial charge in [-0.15, -0.1) is 0 Å². The highest BCUT2D eigenvalue weighted by Gasteiger charge is 2.04. The topological polar surface area (TPSA) is 96.0 Å². The summed E-state index contributed by atoms with van der Waals surface area (Å²) >= 11 is 5.87. The zero-order valence-electron chi connectivity index (χ0n) is 9.49. The summed E-state index contributed by atoms with van der Waals surface area (Å²) in [5, 5.41) is 6.07. The van der Waals surface area contributed by atoms with Gasteiger partial charge < -0.3 is 10.6 Å². The fraction of sp³-hybridized carbons (Fsp3) is 0.500. The van der Waals surface area contributed by atoms with Crippen molar-refractivity contribution in [1.82, 2.24) is 14.7 Å². The Hall–Kier alpha value is -1.12. The first-order valence-electron chi connectivity index (χ1n) is 4.81. The van der Waals surface area contributed by atoms with Crippen molar-refractivity contribution in [3.05, 3.63) is 11.2 Å². The SMILES string of the molecule is CNc1ncc(Cl)c(NCCNS(C)(=O)=O)n1. The number of nitrogens with zero attached hydrogens (tertiary/aromatic N) is 2. The van der Waals surface area contributed by atoms with Crippen molar-refractivity contribution in [1.29, 1.82) is 0 Å². The second kappa shape index (κ2) is 5.99. The van der Waals surface area contributed by atoms with Gasteiger partial charge in [0.1, 0.15) is 5.02 Å². The smallest absolute Gasteiger partial charge is 0.224 e. The van der Waals surface area contributed by atoms with Gasteiger partial charge in [0, 0.05) is 20.1 Å². The molecule has 0 amide bonds. The second-order valence-electron chi connectivity index (χ2n) is 3.23. The molecule has 17 heavy (non-hydrogen) atoms. The molecule has 0 atom stereocenters. The summed E-state index contributed by atoms with van der Waals surface area (Å²) in [7, 11) is -1.48. The molecule has 0 unspecified atom stereocenters. The lowest BCUT2D eigenvalue weighted by Gasteiger charge is -2.08. The van der Waals surface area contributed by atoms with E-state index in [0.29, 0.717) is 23.3 Å². The molecule has 0 saturated heterocycles. The highest BCUT2D eigenvalue weighted by molar-refractivity contribution is 7.88. The van der Waals surface area contributed by atoms with E-state index in [4.69, 9.17) is 11.6 Å². The predicted octanol–water partition coefficient (Wildman–Crippen LogP) is 0.133. The summed E-state index contributed by atoms with van der Waals surface area (Å²) in [6.45, 7) is 0.640. The van der Waals surface area contributed by atoms with Crippen molar-refractivity contribution in [2.24, 2.45) is 0 Å². The predicted molar refractivity (Wildman–Crippen MR) is 67.9 cm³/mol. The number of rotatable bonds is 6. The molecular formula is C8H14ClN5O2S. The van der Waals surface area contributed by atoms with Gasteiger partial charge in [-0.2, -0.15) is 4.98 Å². The van der Waals surface area contributed by atoms with Crippen molar-refractivity contribution in [2.75, 3.05) is 37.0 Å². The van der Waals surface area contributed by atoms with Crippen LogP contribution >= 0.6 is 11.6 Å². The molecule has 0 aliphatic carbocycles. The first-order chi connectivity index (χ1) is 7.92. The Labute approximate surface area is 105 Å². The Morgan fingerprint density at radius 1 is 1.41 bits per heavy atom. The highest BCUT2D eigenvalue weighted by atomic mass is 35.5. The maximum absolute atomic E-state index is 10.8. The minimum Gasteiger partial charge on any atom is -0.367 e. The molecule has 0 aliphatic heterocycles. The van der Waals surface area contributed by atoms with Crippen LogP contribution in [0.15, 0.2) is 6.20 Å². The van der Waals surface area contributed by atoms with Crippen LogP contribution in [0.3, 0.4) is 0 Å². The van der Waals surface area contributed by atoms with E-state index in [9.17, 15) is 8.42 Å². The fourth-order valence-corrected chi connectivity index (χ4v) is 1.66.